The monoisotopic (exact) mass is 287 g/mol. The maximum atomic E-state index is 10.2. The zero-order valence-corrected chi connectivity index (χ0v) is 12.6. The van der Waals surface area contributed by atoms with E-state index in [1.807, 2.05) is 50.2 Å². The normalized spacial score (nSPS) is 10.2. The maximum absolute atomic E-state index is 10.2. The summed E-state index contributed by atoms with van der Waals surface area (Å²) in [7, 11) is 3.89. The van der Waals surface area contributed by atoms with Crippen LogP contribution in [0.1, 0.15) is 12.5 Å². The molecule has 0 aliphatic heterocycles. The lowest BCUT2D eigenvalue weighted by Gasteiger charge is -2.17. The third kappa shape index (κ3) is 3.56. The van der Waals surface area contributed by atoms with Gasteiger partial charge in [-0.25, -0.2) is 4.98 Å². The molecule has 0 saturated carbocycles. The van der Waals surface area contributed by atoms with Gasteiger partial charge in [-0.1, -0.05) is 12.1 Å². The smallest absolute Gasteiger partial charge is 0.162 e. The van der Waals surface area contributed by atoms with E-state index in [9.17, 15) is 5.11 Å². The van der Waals surface area contributed by atoms with Gasteiger partial charge in [0.2, 0.25) is 0 Å². The van der Waals surface area contributed by atoms with Gasteiger partial charge in [0, 0.05) is 32.4 Å². The first kappa shape index (κ1) is 15.0. The van der Waals surface area contributed by atoms with Crippen LogP contribution in [0.3, 0.4) is 0 Å². The van der Waals surface area contributed by atoms with Crippen molar-refractivity contribution in [2.45, 2.75) is 13.5 Å². The zero-order chi connectivity index (χ0) is 15.2. The van der Waals surface area contributed by atoms with Crippen molar-refractivity contribution >= 4 is 11.5 Å². The van der Waals surface area contributed by atoms with E-state index in [0.717, 1.165) is 17.1 Å². The Balaban J connectivity index is 2.15. The highest BCUT2D eigenvalue weighted by Crippen LogP contribution is 2.31. The van der Waals surface area contributed by atoms with Crippen molar-refractivity contribution in [3.05, 3.63) is 42.1 Å². The lowest BCUT2D eigenvalue weighted by atomic mass is 10.2. The fourth-order valence-electron chi connectivity index (χ4n) is 2.06. The van der Waals surface area contributed by atoms with Gasteiger partial charge in [0.05, 0.1) is 12.3 Å². The van der Waals surface area contributed by atoms with Gasteiger partial charge in [0.1, 0.15) is 0 Å². The number of hydrogen-bond acceptors (Lipinski definition) is 5. The number of nitrogens with one attached hydrogen (secondary N) is 1. The Morgan fingerprint density at radius 1 is 1.24 bits per heavy atom. The number of anilines is 2. The topological polar surface area (TPSA) is 57.6 Å². The second-order valence-corrected chi connectivity index (χ2v) is 4.82. The van der Waals surface area contributed by atoms with Crippen molar-refractivity contribution in [1.29, 1.82) is 0 Å². The van der Waals surface area contributed by atoms with Gasteiger partial charge in [0.25, 0.3) is 0 Å². The van der Waals surface area contributed by atoms with E-state index in [-0.39, 0.29) is 5.75 Å². The highest BCUT2D eigenvalue weighted by molar-refractivity contribution is 5.65. The molecule has 2 rings (SSSR count). The summed E-state index contributed by atoms with van der Waals surface area (Å²) >= 11 is 0. The zero-order valence-electron chi connectivity index (χ0n) is 12.6. The van der Waals surface area contributed by atoms with Crippen LogP contribution in [0.4, 0.5) is 11.5 Å². The number of nitrogens with zero attached hydrogens (tertiary/aromatic N) is 2. The van der Waals surface area contributed by atoms with E-state index in [4.69, 9.17) is 4.74 Å². The molecule has 0 unspecified atom stereocenters. The highest BCUT2D eigenvalue weighted by atomic mass is 16.5. The molecule has 1 aromatic carbocycles. The van der Waals surface area contributed by atoms with Gasteiger partial charge in [-0.2, -0.15) is 0 Å². The Kier molecular flexibility index (Phi) is 4.87. The number of aromatic nitrogens is 1. The number of rotatable bonds is 6. The molecule has 112 valence electrons. The molecule has 0 aliphatic carbocycles. The summed E-state index contributed by atoms with van der Waals surface area (Å²) in [5.74, 6) is 1.55. The molecule has 1 heterocycles. The molecule has 0 aliphatic rings. The predicted molar refractivity (Wildman–Crippen MR) is 85.2 cm³/mol. The first-order valence-corrected chi connectivity index (χ1v) is 6.93. The summed E-state index contributed by atoms with van der Waals surface area (Å²) in [6.07, 6.45) is 1.76. The molecule has 1 aromatic heterocycles. The van der Waals surface area contributed by atoms with Crippen LogP contribution in [0.2, 0.25) is 0 Å². The van der Waals surface area contributed by atoms with Crippen LogP contribution in [-0.2, 0) is 6.54 Å². The molecule has 0 radical (unpaired) electrons. The molecule has 0 atom stereocenters. The van der Waals surface area contributed by atoms with Gasteiger partial charge < -0.3 is 20.1 Å². The number of benzene rings is 1. The number of para-hydroxylation sites is 1. The summed E-state index contributed by atoms with van der Waals surface area (Å²) in [6.45, 7) is 2.92. The number of aromatic hydroxyl groups is 1. The summed E-state index contributed by atoms with van der Waals surface area (Å²) in [5.41, 5.74) is 1.71. The van der Waals surface area contributed by atoms with E-state index in [0.29, 0.717) is 18.9 Å². The second-order valence-electron chi connectivity index (χ2n) is 4.82. The molecular formula is C16H21N3O2. The Morgan fingerprint density at radius 2 is 2.05 bits per heavy atom. The minimum atomic E-state index is 0.183. The standard InChI is InChI=1S/C16H21N3O2/c1-4-21-14-9-5-7-12(15(14)20)11-18-13-8-6-10-17-16(13)19(2)3/h5-10,18,20H,4,11H2,1-3H3. The molecule has 0 saturated heterocycles. The van der Waals surface area contributed by atoms with E-state index in [1.165, 1.54) is 0 Å². The van der Waals surface area contributed by atoms with Crippen LogP contribution in [-0.4, -0.2) is 30.8 Å². The van der Waals surface area contributed by atoms with Crippen molar-refractivity contribution < 1.29 is 9.84 Å². The van der Waals surface area contributed by atoms with Gasteiger partial charge in [-0.05, 0) is 25.1 Å². The molecule has 0 fully saturated rings. The number of hydrogen-bond donors (Lipinski definition) is 2. The van der Waals surface area contributed by atoms with Gasteiger partial charge >= 0.3 is 0 Å². The largest absolute Gasteiger partial charge is 0.504 e. The molecule has 2 N–H and O–H groups in total. The Labute approximate surface area is 125 Å². The van der Waals surface area contributed by atoms with Crippen LogP contribution in [0, 0.1) is 0 Å². The van der Waals surface area contributed by atoms with Gasteiger partial charge in [-0.3, -0.25) is 0 Å². The Hall–Kier alpha value is -2.43. The first-order chi connectivity index (χ1) is 10.1. The molecule has 5 heteroatoms. The first-order valence-electron chi connectivity index (χ1n) is 6.93. The van der Waals surface area contributed by atoms with Crippen molar-refractivity contribution in [2.24, 2.45) is 0 Å². The molecule has 21 heavy (non-hydrogen) atoms. The number of pyridine rings is 1. The van der Waals surface area contributed by atoms with Crippen LogP contribution in [0.15, 0.2) is 36.5 Å². The van der Waals surface area contributed by atoms with Crippen molar-refractivity contribution in [1.82, 2.24) is 4.98 Å². The fraction of sp³-hybridized carbons (Fsp3) is 0.312. The number of phenolic OH excluding ortho intramolecular Hbond substituents is 1. The molecule has 0 spiro atoms. The number of ether oxygens (including phenoxy) is 1. The maximum Gasteiger partial charge on any atom is 0.162 e. The van der Waals surface area contributed by atoms with Crippen LogP contribution in [0.5, 0.6) is 11.5 Å². The lowest BCUT2D eigenvalue weighted by molar-refractivity contribution is 0.317. The summed E-state index contributed by atoms with van der Waals surface area (Å²) in [4.78, 5) is 6.28. The summed E-state index contributed by atoms with van der Waals surface area (Å²) in [5, 5.41) is 13.5. The SMILES string of the molecule is CCOc1cccc(CNc2cccnc2N(C)C)c1O. The fourth-order valence-corrected chi connectivity index (χ4v) is 2.06. The van der Waals surface area contributed by atoms with Crippen molar-refractivity contribution in [3.8, 4) is 11.5 Å². The third-order valence-corrected chi connectivity index (χ3v) is 3.06. The highest BCUT2D eigenvalue weighted by Gasteiger charge is 2.09. The van der Waals surface area contributed by atoms with Gasteiger partial charge in [-0.15, -0.1) is 0 Å². The van der Waals surface area contributed by atoms with E-state index in [1.54, 1.807) is 12.3 Å². The van der Waals surface area contributed by atoms with E-state index >= 15 is 0 Å². The van der Waals surface area contributed by atoms with Crippen LogP contribution < -0.4 is 15.0 Å². The molecule has 0 amide bonds. The lowest BCUT2D eigenvalue weighted by Crippen LogP contribution is -2.13. The Morgan fingerprint density at radius 3 is 2.76 bits per heavy atom. The van der Waals surface area contributed by atoms with Crippen LogP contribution in [0.25, 0.3) is 0 Å². The summed E-state index contributed by atoms with van der Waals surface area (Å²) in [6, 6.07) is 9.35. The van der Waals surface area contributed by atoms with Crippen LogP contribution >= 0.6 is 0 Å². The van der Waals surface area contributed by atoms with Gasteiger partial charge in [0.15, 0.2) is 17.3 Å². The average Bonchev–Trinajstić information content (AvgIpc) is 2.48. The predicted octanol–water partition coefficient (Wildman–Crippen LogP) is 2.86. The molecule has 0 bridgehead atoms. The van der Waals surface area contributed by atoms with E-state index < -0.39 is 0 Å². The minimum Gasteiger partial charge on any atom is -0.504 e. The third-order valence-electron chi connectivity index (χ3n) is 3.06. The molecule has 5 nitrogen and oxygen atoms in total. The quantitative estimate of drug-likeness (QED) is 0.855. The van der Waals surface area contributed by atoms with Crippen molar-refractivity contribution in [2.75, 3.05) is 30.9 Å². The Bertz CT molecular complexity index is 600. The molecule has 2 aromatic rings. The minimum absolute atomic E-state index is 0.183. The number of phenols is 1. The van der Waals surface area contributed by atoms with E-state index in [2.05, 4.69) is 10.3 Å². The molecular weight excluding hydrogens is 266 g/mol. The summed E-state index contributed by atoms with van der Waals surface area (Å²) < 4.78 is 5.39. The van der Waals surface area contributed by atoms with Crippen molar-refractivity contribution in [3.63, 3.8) is 0 Å². The average molecular weight is 287 g/mol. The second kappa shape index (κ2) is 6.83.